The van der Waals surface area contributed by atoms with Gasteiger partial charge < -0.3 is 15.4 Å². The summed E-state index contributed by atoms with van der Waals surface area (Å²) in [5.41, 5.74) is 2.74. The van der Waals surface area contributed by atoms with Crippen molar-refractivity contribution in [3.05, 3.63) is 70.2 Å². The van der Waals surface area contributed by atoms with Gasteiger partial charge in [0.1, 0.15) is 6.61 Å². The van der Waals surface area contributed by atoms with Crippen molar-refractivity contribution in [2.75, 3.05) is 13.7 Å². The lowest BCUT2D eigenvalue weighted by Crippen LogP contribution is -2.36. The van der Waals surface area contributed by atoms with Crippen LogP contribution in [0.4, 0.5) is 13.2 Å². The summed E-state index contributed by atoms with van der Waals surface area (Å²) in [7, 11) is 1.68. The lowest BCUT2D eigenvalue weighted by molar-refractivity contribution is -0.176. The minimum absolute atomic E-state index is 0.0719. The number of nitrogens with zero attached hydrogens (tertiary/aromatic N) is 1. The Morgan fingerprint density at radius 1 is 0.926 bits per heavy atom. The summed E-state index contributed by atoms with van der Waals surface area (Å²) in [6.45, 7) is -0.181. The molecule has 0 heterocycles. The predicted molar refractivity (Wildman–Crippen MR) is 101 cm³/mol. The van der Waals surface area contributed by atoms with Crippen LogP contribution in [0.5, 0.6) is 0 Å². The molecule has 146 valence electrons. The molecular weight excluding hydrogens is 379 g/mol. The summed E-state index contributed by atoms with van der Waals surface area (Å²) in [4.78, 5) is 4.16. The summed E-state index contributed by atoms with van der Waals surface area (Å²) in [6.07, 6.45) is -4.31. The van der Waals surface area contributed by atoms with Crippen LogP contribution in [0.1, 0.15) is 16.7 Å². The van der Waals surface area contributed by atoms with E-state index in [4.69, 9.17) is 11.6 Å². The van der Waals surface area contributed by atoms with Gasteiger partial charge in [0, 0.05) is 25.2 Å². The smallest absolute Gasteiger partial charge is 0.367 e. The zero-order valence-electron chi connectivity index (χ0n) is 14.8. The molecule has 2 aromatic rings. The number of ether oxygens (including phenoxy) is 1. The van der Waals surface area contributed by atoms with Gasteiger partial charge >= 0.3 is 6.18 Å². The van der Waals surface area contributed by atoms with Gasteiger partial charge in [-0.2, -0.15) is 13.2 Å². The fourth-order valence-electron chi connectivity index (χ4n) is 2.23. The first-order chi connectivity index (χ1) is 12.9. The number of hydrogen-bond donors (Lipinski definition) is 2. The number of guanidine groups is 1. The van der Waals surface area contributed by atoms with Crippen LogP contribution in [0.2, 0.25) is 5.02 Å². The van der Waals surface area contributed by atoms with Crippen LogP contribution in [-0.2, 0) is 24.4 Å². The molecule has 2 N–H and O–H groups in total. The van der Waals surface area contributed by atoms with Crippen molar-refractivity contribution >= 4 is 17.6 Å². The van der Waals surface area contributed by atoms with E-state index in [1.807, 2.05) is 36.4 Å². The average molecular weight is 400 g/mol. The second-order valence-electron chi connectivity index (χ2n) is 5.83. The van der Waals surface area contributed by atoms with Gasteiger partial charge in [-0.3, -0.25) is 4.99 Å². The zero-order valence-corrected chi connectivity index (χ0v) is 15.6. The van der Waals surface area contributed by atoms with Gasteiger partial charge in [0.15, 0.2) is 5.96 Å². The molecule has 0 bridgehead atoms. The van der Waals surface area contributed by atoms with Crippen molar-refractivity contribution in [1.82, 2.24) is 10.6 Å². The largest absolute Gasteiger partial charge is 0.411 e. The zero-order chi connectivity index (χ0) is 19.7. The number of aliphatic imine (C=N–C) groups is 1. The molecule has 0 aliphatic heterocycles. The van der Waals surface area contributed by atoms with Gasteiger partial charge in [-0.15, -0.1) is 0 Å². The van der Waals surface area contributed by atoms with Gasteiger partial charge in [-0.05, 0) is 28.8 Å². The number of benzene rings is 2. The molecule has 2 aromatic carbocycles. The number of halogens is 4. The molecule has 27 heavy (non-hydrogen) atoms. The van der Waals surface area contributed by atoms with Crippen molar-refractivity contribution < 1.29 is 17.9 Å². The lowest BCUT2D eigenvalue weighted by atomic mass is 10.1. The molecule has 2 rings (SSSR count). The van der Waals surface area contributed by atoms with Crippen LogP contribution < -0.4 is 10.6 Å². The average Bonchev–Trinajstić information content (AvgIpc) is 2.63. The third-order valence-electron chi connectivity index (χ3n) is 3.61. The van der Waals surface area contributed by atoms with Crippen LogP contribution in [0, 0.1) is 0 Å². The molecule has 0 amide bonds. The molecule has 4 nitrogen and oxygen atoms in total. The Bertz CT molecular complexity index is 731. The van der Waals surface area contributed by atoms with Crippen LogP contribution in [0.3, 0.4) is 0 Å². The summed E-state index contributed by atoms with van der Waals surface area (Å²) in [6, 6.07) is 14.7. The van der Waals surface area contributed by atoms with Gasteiger partial charge in [0.2, 0.25) is 0 Å². The minimum atomic E-state index is -4.31. The van der Waals surface area contributed by atoms with Crippen molar-refractivity contribution in [1.29, 1.82) is 0 Å². The van der Waals surface area contributed by atoms with Crippen molar-refractivity contribution in [3.63, 3.8) is 0 Å². The second-order valence-corrected chi connectivity index (χ2v) is 6.27. The predicted octanol–water partition coefficient (Wildman–Crippen LogP) is 4.28. The number of alkyl halides is 3. The second kappa shape index (κ2) is 10.2. The third-order valence-corrected chi connectivity index (χ3v) is 3.87. The Morgan fingerprint density at radius 2 is 1.41 bits per heavy atom. The van der Waals surface area contributed by atoms with Gasteiger partial charge in [0.05, 0.1) is 6.61 Å². The van der Waals surface area contributed by atoms with Crippen LogP contribution >= 0.6 is 11.6 Å². The molecule has 0 aliphatic carbocycles. The molecule has 0 saturated carbocycles. The molecule has 0 aromatic heterocycles. The molecule has 0 saturated heterocycles. The molecule has 0 spiro atoms. The molecule has 0 aliphatic rings. The molecule has 0 radical (unpaired) electrons. The van der Waals surface area contributed by atoms with Crippen LogP contribution in [-0.4, -0.2) is 25.8 Å². The van der Waals surface area contributed by atoms with E-state index in [0.717, 1.165) is 11.1 Å². The van der Waals surface area contributed by atoms with Crippen LogP contribution in [0.15, 0.2) is 53.5 Å². The summed E-state index contributed by atoms with van der Waals surface area (Å²) >= 11 is 5.86. The van der Waals surface area contributed by atoms with Crippen molar-refractivity contribution in [2.45, 2.75) is 25.9 Å². The van der Waals surface area contributed by atoms with E-state index in [-0.39, 0.29) is 6.61 Å². The van der Waals surface area contributed by atoms with E-state index >= 15 is 0 Å². The Kier molecular flexibility index (Phi) is 7.94. The highest BCUT2D eigenvalue weighted by Crippen LogP contribution is 2.16. The Labute approximate surface area is 161 Å². The molecule has 8 heteroatoms. The highest BCUT2D eigenvalue weighted by molar-refractivity contribution is 6.30. The Hall–Kier alpha value is -2.25. The third kappa shape index (κ3) is 8.32. The first kappa shape index (κ1) is 21.1. The van der Waals surface area contributed by atoms with Gasteiger partial charge in [-0.1, -0.05) is 48.0 Å². The van der Waals surface area contributed by atoms with E-state index in [2.05, 4.69) is 20.4 Å². The first-order valence-electron chi connectivity index (χ1n) is 8.27. The number of hydrogen-bond acceptors (Lipinski definition) is 2. The summed E-state index contributed by atoms with van der Waals surface area (Å²) in [5.74, 6) is 0.641. The van der Waals surface area contributed by atoms with E-state index in [0.29, 0.717) is 29.6 Å². The fourth-order valence-corrected chi connectivity index (χ4v) is 2.36. The van der Waals surface area contributed by atoms with Crippen LogP contribution in [0.25, 0.3) is 0 Å². The van der Waals surface area contributed by atoms with Gasteiger partial charge in [-0.25, -0.2) is 0 Å². The maximum Gasteiger partial charge on any atom is 0.411 e. The SMILES string of the molecule is CN=C(NCc1ccc(Cl)cc1)NCc1ccc(COCC(F)(F)F)cc1. The molecular formula is C19H21ClF3N3O. The normalized spacial score (nSPS) is 12.1. The lowest BCUT2D eigenvalue weighted by Gasteiger charge is -2.12. The topological polar surface area (TPSA) is 45.7 Å². The monoisotopic (exact) mass is 399 g/mol. The highest BCUT2D eigenvalue weighted by Gasteiger charge is 2.27. The molecule has 0 atom stereocenters. The number of rotatable bonds is 7. The van der Waals surface area contributed by atoms with E-state index in [1.165, 1.54) is 0 Å². The quantitative estimate of drug-likeness (QED) is 0.539. The van der Waals surface area contributed by atoms with E-state index < -0.39 is 12.8 Å². The standard InChI is InChI=1S/C19H21ClF3N3O/c1-24-18(26-11-15-6-8-17(20)9-7-15)25-10-14-2-4-16(5-3-14)12-27-13-19(21,22)23/h2-9H,10-13H2,1H3,(H2,24,25,26). The maximum absolute atomic E-state index is 12.1. The van der Waals surface area contributed by atoms with E-state index in [1.54, 1.807) is 19.2 Å². The first-order valence-corrected chi connectivity index (χ1v) is 8.65. The summed E-state index contributed by atoms with van der Waals surface area (Å²) in [5, 5.41) is 7.07. The van der Waals surface area contributed by atoms with Crippen molar-refractivity contribution in [3.8, 4) is 0 Å². The fraction of sp³-hybridized carbons (Fsp3) is 0.316. The maximum atomic E-state index is 12.1. The van der Waals surface area contributed by atoms with Gasteiger partial charge in [0.25, 0.3) is 0 Å². The van der Waals surface area contributed by atoms with E-state index in [9.17, 15) is 13.2 Å². The molecule has 0 unspecified atom stereocenters. The Balaban J connectivity index is 1.76. The minimum Gasteiger partial charge on any atom is -0.367 e. The molecule has 0 fully saturated rings. The van der Waals surface area contributed by atoms with Crippen molar-refractivity contribution in [2.24, 2.45) is 4.99 Å². The Morgan fingerprint density at radius 3 is 1.89 bits per heavy atom. The number of nitrogens with one attached hydrogen (secondary N) is 2. The summed E-state index contributed by atoms with van der Waals surface area (Å²) < 4.78 is 40.8. The highest BCUT2D eigenvalue weighted by atomic mass is 35.5.